The number of amides is 1. The fourth-order valence-corrected chi connectivity index (χ4v) is 3.70. The van der Waals surface area contributed by atoms with Crippen molar-refractivity contribution in [3.8, 4) is 0 Å². The first-order valence-corrected chi connectivity index (χ1v) is 8.19. The first-order chi connectivity index (χ1) is 11.3. The zero-order chi connectivity index (χ0) is 17.9. The van der Waals surface area contributed by atoms with Crippen molar-refractivity contribution in [3.05, 3.63) is 41.0 Å². The first kappa shape index (κ1) is 18.0. The molecule has 0 radical (unpaired) electrons. The fourth-order valence-electron chi connectivity index (χ4n) is 2.40. The molecule has 0 heterocycles. The molecule has 1 aliphatic rings. The zero-order valence-corrected chi connectivity index (χ0v) is 13.6. The van der Waals surface area contributed by atoms with E-state index in [0.29, 0.717) is 5.56 Å². The first-order valence-electron chi connectivity index (χ1n) is 7.14. The maximum atomic E-state index is 11.2. The summed E-state index contributed by atoms with van der Waals surface area (Å²) in [6.07, 6.45) is 2.40. The molecule has 0 bridgehead atoms. The molecule has 0 fully saturated rings. The third kappa shape index (κ3) is 4.15. The number of aliphatic hydroxyl groups is 1. The number of benzene rings is 1. The molecular formula is C16H17NO6S. The molecule has 1 aromatic carbocycles. The highest BCUT2D eigenvalue weighted by atomic mass is 32.2. The van der Waals surface area contributed by atoms with Crippen molar-refractivity contribution in [3.63, 3.8) is 0 Å². The molecule has 2 rings (SSSR count). The Hall–Kier alpha value is -2.32. The monoisotopic (exact) mass is 351 g/mol. The SMILES string of the molecule is CC(=O)N[C@@H](CS[C@@H]1c2cc(C(=O)O)ccc2C=C[C@H]1O)C(=O)O. The Bertz CT molecular complexity index is 702. The summed E-state index contributed by atoms with van der Waals surface area (Å²) in [5.74, 6) is -2.66. The quantitative estimate of drug-likeness (QED) is 0.606. The third-order valence-corrected chi connectivity index (χ3v) is 4.96. The van der Waals surface area contributed by atoms with Gasteiger partial charge in [0.05, 0.1) is 16.9 Å². The number of carboxylic acids is 2. The van der Waals surface area contributed by atoms with Crippen LogP contribution in [-0.2, 0) is 9.59 Å². The average molecular weight is 351 g/mol. The number of fused-ring (bicyclic) bond motifs is 1. The lowest BCUT2D eigenvalue weighted by Gasteiger charge is -2.27. The van der Waals surface area contributed by atoms with Gasteiger partial charge in [0.25, 0.3) is 0 Å². The van der Waals surface area contributed by atoms with Gasteiger partial charge in [0.2, 0.25) is 5.91 Å². The molecule has 4 N–H and O–H groups in total. The number of aliphatic hydroxyl groups excluding tert-OH is 1. The molecule has 128 valence electrons. The second-order valence-corrected chi connectivity index (χ2v) is 6.52. The number of carbonyl (C=O) groups excluding carboxylic acids is 1. The van der Waals surface area contributed by atoms with Crippen LogP contribution >= 0.6 is 11.8 Å². The van der Waals surface area contributed by atoms with Gasteiger partial charge in [0, 0.05) is 12.7 Å². The van der Waals surface area contributed by atoms with Crippen LogP contribution in [0.1, 0.15) is 33.7 Å². The highest BCUT2D eigenvalue weighted by molar-refractivity contribution is 7.99. The van der Waals surface area contributed by atoms with E-state index < -0.39 is 35.2 Å². The van der Waals surface area contributed by atoms with E-state index in [9.17, 15) is 19.5 Å². The van der Waals surface area contributed by atoms with Gasteiger partial charge in [0.15, 0.2) is 0 Å². The van der Waals surface area contributed by atoms with Crippen LogP contribution in [0.3, 0.4) is 0 Å². The third-order valence-electron chi connectivity index (χ3n) is 3.54. The number of aromatic carboxylic acids is 1. The summed E-state index contributed by atoms with van der Waals surface area (Å²) in [6, 6.07) is 3.52. The maximum Gasteiger partial charge on any atom is 0.335 e. The van der Waals surface area contributed by atoms with E-state index in [0.717, 1.165) is 17.3 Å². The van der Waals surface area contributed by atoms with Crippen LogP contribution in [-0.4, -0.2) is 51.1 Å². The summed E-state index contributed by atoms with van der Waals surface area (Å²) >= 11 is 1.16. The minimum absolute atomic E-state index is 0.0429. The van der Waals surface area contributed by atoms with Gasteiger partial charge >= 0.3 is 11.9 Å². The molecule has 0 aromatic heterocycles. The standard InChI is InChI=1S/C16H17NO6S/c1-8(18)17-12(16(22)23)7-24-14-11-6-10(15(20)21)3-2-9(11)4-5-13(14)19/h2-6,12-14,19H,7H2,1H3,(H,17,18)(H,20,21)(H,22,23)/t12-,13+,14+/m0/s1. The number of aliphatic carboxylic acids is 1. The van der Waals surface area contributed by atoms with E-state index in [1.54, 1.807) is 18.2 Å². The largest absolute Gasteiger partial charge is 0.480 e. The van der Waals surface area contributed by atoms with Gasteiger partial charge in [-0.05, 0) is 23.3 Å². The smallest absolute Gasteiger partial charge is 0.335 e. The van der Waals surface area contributed by atoms with Crippen LogP contribution in [0.4, 0.5) is 0 Å². The lowest BCUT2D eigenvalue weighted by atomic mass is 9.93. The summed E-state index contributed by atoms with van der Waals surface area (Å²) in [5, 5.41) is 30.3. The molecular weight excluding hydrogens is 334 g/mol. The van der Waals surface area contributed by atoms with Crippen LogP contribution in [0.5, 0.6) is 0 Å². The molecule has 8 heteroatoms. The zero-order valence-electron chi connectivity index (χ0n) is 12.8. The van der Waals surface area contributed by atoms with Gasteiger partial charge in [-0.25, -0.2) is 9.59 Å². The van der Waals surface area contributed by atoms with E-state index in [1.807, 2.05) is 0 Å². The Balaban J connectivity index is 2.22. The summed E-state index contributed by atoms with van der Waals surface area (Å²) < 4.78 is 0. The molecule has 0 unspecified atom stereocenters. The minimum atomic E-state index is -1.17. The molecule has 0 saturated carbocycles. The number of nitrogens with one attached hydrogen (secondary N) is 1. The van der Waals surface area contributed by atoms with E-state index in [2.05, 4.69) is 5.32 Å². The molecule has 1 aliphatic carbocycles. The highest BCUT2D eigenvalue weighted by Gasteiger charge is 2.29. The van der Waals surface area contributed by atoms with Gasteiger partial charge in [0.1, 0.15) is 6.04 Å². The van der Waals surface area contributed by atoms with Crippen molar-refractivity contribution in [1.29, 1.82) is 0 Å². The second kappa shape index (κ2) is 7.50. The summed E-state index contributed by atoms with van der Waals surface area (Å²) in [7, 11) is 0. The summed E-state index contributed by atoms with van der Waals surface area (Å²) in [4.78, 5) is 33.4. The summed E-state index contributed by atoms with van der Waals surface area (Å²) in [5.41, 5.74) is 1.49. The molecule has 24 heavy (non-hydrogen) atoms. The lowest BCUT2D eigenvalue weighted by Crippen LogP contribution is -2.41. The van der Waals surface area contributed by atoms with E-state index in [-0.39, 0.29) is 11.3 Å². The van der Waals surface area contributed by atoms with Crippen molar-refractivity contribution in [2.75, 3.05) is 5.75 Å². The second-order valence-electron chi connectivity index (χ2n) is 5.34. The van der Waals surface area contributed by atoms with Crippen LogP contribution in [0, 0.1) is 0 Å². The van der Waals surface area contributed by atoms with Crippen LogP contribution < -0.4 is 5.32 Å². The number of carbonyl (C=O) groups is 3. The number of hydrogen-bond acceptors (Lipinski definition) is 5. The Morgan fingerprint density at radius 3 is 2.58 bits per heavy atom. The van der Waals surface area contributed by atoms with Crippen molar-refractivity contribution >= 4 is 35.7 Å². The average Bonchev–Trinajstić information content (AvgIpc) is 2.51. The number of carboxylic acid groups (broad SMARTS) is 2. The van der Waals surface area contributed by atoms with Crippen LogP contribution in [0.2, 0.25) is 0 Å². The van der Waals surface area contributed by atoms with Crippen LogP contribution in [0.25, 0.3) is 6.08 Å². The highest BCUT2D eigenvalue weighted by Crippen LogP contribution is 2.39. The minimum Gasteiger partial charge on any atom is -0.480 e. The Labute approximate surface area is 142 Å². The Kier molecular flexibility index (Phi) is 5.63. The summed E-state index contributed by atoms with van der Waals surface area (Å²) in [6.45, 7) is 1.23. The Morgan fingerprint density at radius 1 is 1.29 bits per heavy atom. The molecule has 7 nitrogen and oxygen atoms in total. The lowest BCUT2D eigenvalue weighted by molar-refractivity contribution is -0.140. The number of rotatable bonds is 6. The van der Waals surface area contributed by atoms with Gasteiger partial charge < -0.3 is 20.6 Å². The Morgan fingerprint density at radius 2 is 2.00 bits per heavy atom. The molecule has 0 spiro atoms. The van der Waals surface area contributed by atoms with Crippen molar-refractivity contribution < 1.29 is 29.7 Å². The van der Waals surface area contributed by atoms with Crippen molar-refractivity contribution in [2.45, 2.75) is 24.3 Å². The molecule has 1 amide bonds. The molecule has 0 saturated heterocycles. The maximum absolute atomic E-state index is 11.2. The van der Waals surface area contributed by atoms with Gasteiger partial charge in [-0.2, -0.15) is 0 Å². The normalized spacial score (nSPS) is 20.1. The molecule has 3 atom stereocenters. The van der Waals surface area contributed by atoms with Crippen molar-refractivity contribution in [1.82, 2.24) is 5.32 Å². The van der Waals surface area contributed by atoms with Gasteiger partial charge in [-0.15, -0.1) is 11.8 Å². The van der Waals surface area contributed by atoms with E-state index >= 15 is 0 Å². The predicted octanol–water partition coefficient (Wildman–Crippen LogP) is 1.14. The predicted molar refractivity (Wildman–Crippen MR) is 88.9 cm³/mol. The van der Waals surface area contributed by atoms with Crippen molar-refractivity contribution in [2.24, 2.45) is 0 Å². The molecule has 0 aliphatic heterocycles. The van der Waals surface area contributed by atoms with E-state index in [4.69, 9.17) is 10.2 Å². The van der Waals surface area contributed by atoms with Gasteiger partial charge in [-0.1, -0.05) is 18.2 Å². The van der Waals surface area contributed by atoms with Crippen LogP contribution in [0.15, 0.2) is 24.3 Å². The number of hydrogen-bond donors (Lipinski definition) is 4. The molecule has 1 aromatic rings. The number of thioether (sulfide) groups is 1. The fraction of sp³-hybridized carbons (Fsp3) is 0.312. The van der Waals surface area contributed by atoms with Gasteiger partial charge in [-0.3, -0.25) is 4.79 Å². The topological polar surface area (TPSA) is 124 Å². The van der Waals surface area contributed by atoms with E-state index in [1.165, 1.54) is 19.1 Å².